The van der Waals surface area contributed by atoms with E-state index in [-0.39, 0.29) is 5.92 Å². The highest BCUT2D eigenvalue weighted by atomic mass is 16.5. The quantitative estimate of drug-likeness (QED) is 0.913. The summed E-state index contributed by atoms with van der Waals surface area (Å²) >= 11 is 0. The van der Waals surface area contributed by atoms with Gasteiger partial charge in [0.25, 0.3) is 0 Å². The largest absolute Gasteiger partial charge is 0.481 e. The Hall–Kier alpha value is -2.33. The van der Waals surface area contributed by atoms with Crippen LogP contribution in [-0.2, 0) is 4.79 Å². The van der Waals surface area contributed by atoms with Gasteiger partial charge in [-0.05, 0) is 26.1 Å². The fourth-order valence-corrected chi connectivity index (χ4v) is 3.15. The molecule has 2 atom stereocenters. The van der Waals surface area contributed by atoms with E-state index in [2.05, 4.69) is 5.32 Å². The van der Waals surface area contributed by atoms with Gasteiger partial charge in [-0.3, -0.25) is 4.79 Å². The maximum atomic E-state index is 12.0. The molecule has 0 saturated heterocycles. The molecule has 2 N–H and O–H groups in total. The van der Waals surface area contributed by atoms with Crippen LogP contribution in [0.15, 0.2) is 42.5 Å². The SMILES string of the molecule is CNC[C@@H]1c2cc(C)ccc2Oc2ccccc2[C@@H]1C(=O)O. The number of aryl methyl sites for hydroxylation is 1. The number of benzene rings is 2. The molecule has 2 aromatic rings. The molecule has 22 heavy (non-hydrogen) atoms. The molecule has 0 unspecified atom stereocenters. The van der Waals surface area contributed by atoms with Crippen LogP contribution in [0.2, 0.25) is 0 Å². The number of fused-ring (bicyclic) bond motifs is 2. The standard InChI is InChI=1S/C18H19NO3/c1-11-7-8-16-13(9-11)14(10-19-2)17(18(20)21)12-5-3-4-6-15(12)22-16/h3-9,14,17,19H,10H2,1-2H3,(H,20,21)/t14-,17+/m1/s1. The van der Waals surface area contributed by atoms with Crippen molar-refractivity contribution in [3.05, 3.63) is 59.2 Å². The lowest BCUT2D eigenvalue weighted by molar-refractivity contribution is -0.139. The molecule has 114 valence electrons. The van der Waals surface area contributed by atoms with Gasteiger partial charge < -0.3 is 15.2 Å². The first-order valence-electron chi connectivity index (χ1n) is 7.36. The van der Waals surface area contributed by atoms with Crippen molar-refractivity contribution in [2.24, 2.45) is 0 Å². The first-order chi connectivity index (χ1) is 10.6. The Labute approximate surface area is 129 Å². The zero-order valence-electron chi connectivity index (χ0n) is 12.7. The number of carboxylic acid groups (broad SMARTS) is 1. The molecule has 0 fully saturated rings. The van der Waals surface area contributed by atoms with Crippen molar-refractivity contribution in [3.63, 3.8) is 0 Å². The molecule has 0 spiro atoms. The van der Waals surface area contributed by atoms with Gasteiger partial charge in [-0.1, -0.05) is 35.9 Å². The normalized spacial score (nSPS) is 19.5. The Morgan fingerprint density at radius 1 is 1.18 bits per heavy atom. The van der Waals surface area contributed by atoms with Gasteiger partial charge in [0, 0.05) is 23.6 Å². The van der Waals surface area contributed by atoms with E-state index in [0.717, 1.165) is 22.4 Å². The minimum Gasteiger partial charge on any atom is -0.481 e. The second kappa shape index (κ2) is 5.81. The molecule has 1 aliphatic heterocycles. The predicted octanol–water partition coefficient (Wildman–Crippen LogP) is 3.27. The van der Waals surface area contributed by atoms with Gasteiger partial charge in [-0.15, -0.1) is 0 Å². The van der Waals surface area contributed by atoms with Crippen LogP contribution in [-0.4, -0.2) is 24.7 Å². The molecular weight excluding hydrogens is 278 g/mol. The molecule has 0 bridgehead atoms. The number of aliphatic carboxylic acids is 1. The number of hydrogen-bond donors (Lipinski definition) is 2. The molecule has 0 amide bonds. The van der Waals surface area contributed by atoms with Crippen molar-refractivity contribution in [1.29, 1.82) is 0 Å². The van der Waals surface area contributed by atoms with Crippen LogP contribution in [0, 0.1) is 6.92 Å². The second-order valence-electron chi connectivity index (χ2n) is 5.66. The van der Waals surface area contributed by atoms with Crippen LogP contribution in [0.3, 0.4) is 0 Å². The van der Waals surface area contributed by atoms with E-state index in [0.29, 0.717) is 12.3 Å². The van der Waals surface area contributed by atoms with Gasteiger partial charge in [-0.2, -0.15) is 0 Å². The van der Waals surface area contributed by atoms with Crippen molar-refractivity contribution >= 4 is 5.97 Å². The maximum absolute atomic E-state index is 12.0. The number of carboxylic acids is 1. The van der Waals surface area contributed by atoms with E-state index in [1.807, 2.05) is 56.4 Å². The number of nitrogens with one attached hydrogen (secondary N) is 1. The van der Waals surface area contributed by atoms with Crippen molar-refractivity contribution in [2.75, 3.05) is 13.6 Å². The van der Waals surface area contributed by atoms with Crippen LogP contribution in [0.25, 0.3) is 0 Å². The summed E-state index contributed by atoms with van der Waals surface area (Å²) in [5, 5.41) is 12.9. The van der Waals surface area contributed by atoms with Crippen LogP contribution in [0.5, 0.6) is 11.5 Å². The van der Waals surface area contributed by atoms with Gasteiger partial charge in [0.1, 0.15) is 11.5 Å². The van der Waals surface area contributed by atoms with Crippen molar-refractivity contribution in [2.45, 2.75) is 18.8 Å². The van der Waals surface area contributed by atoms with E-state index in [1.165, 1.54) is 0 Å². The molecule has 0 aromatic heterocycles. The summed E-state index contributed by atoms with van der Waals surface area (Å²) in [5.41, 5.74) is 2.76. The molecule has 3 rings (SSSR count). The highest BCUT2D eigenvalue weighted by Gasteiger charge is 2.36. The molecule has 1 aliphatic rings. The van der Waals surface area contributed by atoms with Crippen LogP contribution in [0.1, 0.15) is 28.5 Å². The average molecular weight is 297 g/mol. The third-order valence-electron chi connectivity index (χ3n) is 4.13. The summed E-state index contributed by atoms with van der Waals surface area (Å²) in [7, 11) is 1.84. The number of para-hydroxylation sites is 1. The van der Waals surface area contributed by atoms with E-state index >= 15 is 0 Å². The van der Waals surface area contributed by atoms with Gasteiger partial charge >= 0.3 is 5.97 Å². The summed E-state index contributed by atoms with van der Waals surface area (Å²) in [6.07, 6.45) is 0. The minimum absolute atomic E-state index is 0.180. The molecule has 4 nitrogen and oxygen atoms in total. The number of carbonyl (C=O) groups is 1. The van der Waals surface area contributed by atoms with E-state index in [9.17, 15) is 9.90 Å². The van der Waals surface area contributed by atoms with Gasteiger partial charge in [-0.25, -0.2) is 0 Å². The van der Waals surface area contributed by atoms with Gasteiger partial charge in [0.05, 0.1) is 5.92 Å². The second-order valence-corrected chi connectivity index (χ2v) is 5.66. The highest BCUT2D eigenvalue weighted by Crippen LogP contribution is 2.46. The lowest BCUT2D eigenvalue weighted by atomic mass is 9.81. The zero-order valence-corrected chi connectivity index (χ0v) is 12.7. The molecule has 0 aliphatic carbocycles. The van der Waals surface area contributed by atoms with E-state index < -0.39 is 11.9 Å². The lowest BCUT2D eigenvalue weighted by Crippen LogP contribution is -2.27. The van der Waals surface area contributed by atoms with Crippen LogP contribution >= 0.6 is 0 Å². The third-order valence-corrected chi connectivity index (χ3v) is 4.13. The van der Waals surface area contributed by atoms with Crippen LogP contribution < -0.4 is 10.1 Å². The molecule has 4 heteroatoms. The minimum atomic E-state index is -0.828. The number of likely N-dealkylation sites (N-methyl/N-ethyl adjacent to an activating group) is 1. The molecular formula is C18H19NO3. The van der Waals surface area contributed by atoms with Crippen molar-refractivity contribution in [3.8, 4) is 11.5 Å². The lowest BCUT2D eigenvalue weighted by Gasteiger charge is -2.23. The Balaban J connectivity index is 2.24. The monoisotopic (exact) mass is 297 g/mol. The Morgan fingerprint density at radius 2 is 1.91 bits per heavy atom. The third kappa shape index (κ3) is 2.46. The fraction of sp³-hybridized carbons (Fsp3) is 0.278. The zero-order chi connectivity index (χ0) is 15.7. The van der Waals surface area contributed by atoms with Crippen LogP contribution in [0.4, 0.5) is 0 Å². The summed E-state index contributed by atoms with van der Waals surface area (Å²) in [4.78, 5) is 12.0. The maximum Gasteiger partial charge on any atom is 0.311 e. The van der Waals surface area contributed by atoms with Gasteiger partial charge in [0.2, 0.25) is 0 Å². The predicted molar refractivity (Wildman–Crippen MR) is 84.7 cm³/mol. The van der Waals surface area contributed by atoms with E-state index in [1.54, 1.807) is 0 Å². The molecule has 2 aromatic carbocycles. The topological polar surface area (TPSA) is 58.6 Å². The number of rotatable bonds is 3. The summed E-state index contributed by atoms with van der Waals surface area (Å²) < 4.78 is 6.02. The Kier molecular flexibility index (Phi) is 3.86. The highest BCUT2D eigenvalue weighted by molar-refractivity contribution is 5.80. The fourth-order valence-electron chi connectivity index (χ4n) is 3.15. The summed E-state index contributed by atoms with van der Waals surface area (Å²) in [5.74, 6) is -0.279. The van der Waals surface area contributed by atoms with Crippen molar-refractivity contribution in [1.82, 2.24) is 5.32 Å². The smallest absolute Gasteiger partial charge is 0.311 e. The first-order valence-corrected chi connectivity index (χ1v) is 7.36. The molecule has 0 radical (unpaired) electrons. The Morgan fingerprint density at radius 3 is 2.64 bits per heavy atom. The van der Waals surface area contributed by atoms with Gasteiger partial charge in [0.15, 0.2) is 0 Å². The number of hydrogen-bond acceptors (Lipinski definition) is 3. The molecule has 0 saturated carbocycles. The van der Waals surface area contributed by atoms with Crippen molar-refractivity contribution < 1.29 is 14.6 Å². The number of ether oxygens (including phenoxy) is 1. The van der Waals surface area contributed by atoms with E-state index in [4.69, 9.17) is 4.74 Å². The molecule has 1 heterocycles. The Bertz CT molecular complexity index is 711. The average Bonchev–Trinajstić information content (AvgIpc) is 2.62. The summed E-state index contributed by atoms with van der Waals surface area (Å²) in [6, 6.07) is 13.3. The first kappa shape index (κ1) is 14.6. The summed E-state index contributed by atoms with van der Waals surface area (Å²) in [6.45, 7) is 2.58.